The van der Waals surface area contributed by atoms with Crippen LogP contribution in [0.5, 0.6) is 5.75 Å². The molecule has 3 atom stereocenters. The van der Waals surface area contributed by atoms with Crippen LogP contribution < -0.4 is 20.9 Å². The molecule has 0 saturated carbocycles. The van der Waals surface area contributed by atoms with Crippen LogP contribution in [0.25, 0.3) is 0 Å². The molecule has 14 heteroatoms. The molecule has 1 aromatic heterocycles. The van der Waals surface area contributed by atoms with E-state index < -0.39 is 49.6 Å². The summed E-state index contributed by atoms with van der Waals surface area (Å²) in [6, 6.07) is 8.68. The van der Waals surface area contributed by atoms with Crippen LogP contribution in [0, 0.1) is 12.3 Å². The van der Waals surface area contributed by atoms with E-state index in [9.17, 15) is 18.9 Å². The minimum absolute atomic E-state index is 0.0969. The highest BCUT2D eigenvalue weighted by Crippen LogP contribution is 2.44. The number of carbonyl (C=O) groups is 2. The number of para-hydroxylation sites is 1. The highest BCUT2D eigenvalue weighted by atomic mass is 31.2. The summed E-state index contributed by atoms with van der Waals surface area (Å²) in [7, 11) is -2.65. The van der Waals surface area contributed by atoms with Crippen LogP contribution in [0.3, 0.4) is 0 Å². The van der Waals surface area contributed by atoms with Gasteiger partial charge < -0.3 is 19.1 Å². The van der Waals surface area contributed by atoms with E-state index >= 15 is 0 Å². The lowest BCUT2D eigenvalue weighted by molar-refractivity contribution is -0.146. The van der Waals surface area contributed by atoms with E-state index in [1.54, 1.807) is 44.2 Å². The normalized spacial score (nSPS) is 13.7. The van der Waals surface area contributed by atoms with Gasteiger partial charge in [0.05, 0.1) is 18.8 Å². The van der Waals surface area contributed by atoms with E-state index in [4.69, 9.17) is 34.8 Å². The molecule has 0 spiro atoms. The number of nitrogens with zero attached hydrogens (tertiary/aromatic N) is 1. The van der Waals surface area contributed by atoms with E-state index in [-0.39, 0.29) is 24.9 Å². The summed E-state index contributed by atoms with van der Waals surface area (Å²) >= 11 is 0. The number of H-pyrrole nitrogens is 1. The lowest BCUT2D eigenvalue weighted by Crippen LogP contribution is -2.34. The Morgan fingerprint density at radius 1 is 1.21 bits per heavy atom. The molecule has 3 unspecified atom stereocenters. The number of carboxylic acid groups (broad SMARTS) is 1. The first-order valence-electron chi connectivity index (χ1n) is 11.3. The quantitative estimate of drug-likeness (QED) is 0.188. The van der Waals surface area contributed by atoms with Gasteiger partial charge in [-0.3, -0.25) is 28.5 Å². The number of aromatic nitrogens is 2. The van der Waals surface area contributed by atoms with Gasteiger partial charge in [-0.05, 0) is 26.0 Å². The number of carbonyl (C=O) groups excluding carboxylic acids is 1. The van der Waals surface area contributed by atoms with E-state index in [0.717, 1.165) is 6.92 Å². The zero-order valence-corrected chi connectivity index (χ0v) is 22.4. The molecule has 0 fully saturated rings. The lowest BCUT2D eigenvalue weighted by Gasteiger charge is -2.24. The molecule has 0 bridgehead atoms. The maximum atomic E-state index is 13.4. The molecule has 38 heavy (non-hydrogen) atoms. The lowest BCUT2D eigenvalue weighted by atomic mass is 10.1. The van der Waals surface area contributed by atoms with Crippen LogP contribution >= 0.6 is 7.75 Å². The summed E-state index contributed by atoms with van der Waals surface area (Å²) in [6.07, 6.45) is 5.90. The second kappa shape index (κ2) is 16.2. The second-order valence-corrected chi connectivity index (χ2v) is 9.64. The number of aliphatic carboxylic acids is 1. The predicted octanol–water partition coefficient (Wildman–Crippen LogP) is 1.95. The average molecular weight is 554 g/mol. The van der Waals surface area contributed by atoms with Crippen molar-refractivity contribution in [1.82, 2.24) is 14.6 Å². The summed E-state index contributed by atoms with van der Waals surface area (Å²) in [5.74, 6) is 1.25. The predicted molar refractivity (Wildman–Crippen MR) is 138 cm³/mol. The Hall–Kier alpha value is -3.69. The molecule has 2 aromatic rings. The van der Waals surface area contributed by atoms with Crippen molar-refractivity contribution in [1.29, 1.82) is 0 Å². The van der Waals surface area contributed by atoms with Crippen molar-refractivity contribution >= 4 is 19.7 Å². The van der Waals surface area contributed by atoms with Crippen molar-refractivity contribution in [3.05, 3.63) is 63.4 Å². The molecule has 2 rings (SSSR count). The summed E-state index contributed by atoms with van der Waals surface area (Å²) in [5, 5.41) is 9.91. The van der Waals surface area contributed by atoms with Gasteiger partial charge in [-0.2, -0.15) is 0 Å². The van der Waals surface area contributed by atoms with E-state index in [0.29, 0.717) is 0 Å². The fraction of sp³-hybridized carbons (Fsp3) is 0.417. The van der Waals surface area contributed by atoms with Crippen molar-refractivity contribution in [3.8, 4) is 18.1 Å². The fourth-order valence-electron chi connectivity index (χ4n) is 2.79. The summed E-state index contributed by atoms with van der Waals surface area (Å²) in [4.78, 5) is 46.4. The standard InChI is InChI=1S/C22H28N3O8P.C2H4O2/c1-5-17(25-12-11-20(26)24-22(25)28)13-19(30-4)15-31-34(29,23-14-21(27)32-16(2)3)33-18-9-7-6-8-10-18;1-2(3)4/h1,6-12,16-17,19H,13-15H2,2-4H3,(H,23,29)(H,24,26,28);1H3,(H,3,4). The Kier molecular flexibility index (Phi) is 13.8. The van der Waals surface area contributed by atoms with Gasteiger partial charge in [0.25, 0.3) is 11.5 Å². The largest absolute Gasteiger partial charge is 0.481 e. The van der Waals surface area contributed by atoms with E-state index in [1.165, 1.54) is 23.9 Å². The third-order valence-electron chi connectivity index (χ3n) is 4.38. The Morgan fingerprint density at radius 3 is 2.37 bits per heavy atom. The minimum atomic E-state index is -4.04. The molecule has 0 saturated heterocycles. The van der Waals surface area contributed by atoms with Crippen molar-refractivity contribution in [2.75, 3.05) is 20.3 Å². The highest BCUT2D eigenvalue weighted by Gasteiger charge is 2.30. The number of benzene rings is 1. The van der Waals surface area contributed by atoms with Gasteiger partial charge >= 0.3 is 19.4 Å². The number of nitrogens with one attached hydrogen (secondary N) is 2. The van der Waals surface area contributed by atoms with Crippen LogP contribution in [-0.2, 0) is 28.2 Å². The first kappa shape index (κ1) is 32.3. The maximum absolute atomic E-state index is 13.4. The number of aromatic amines is 1. The third-order valence-corrected chi connectivity index (χ3v) is 5.87. The van der Waals surface area contributed by atoms with Gasteiger partial charge in [0.2, 0.25) is 0 Å². The number of rotatable bonds is 13. The van der Waals surface area contributed by atoms with Gasteiger partial charge in [0.1, 0.15) is 18.3 Å². The molecule has 0 aliphatic rings. The molecule has 0 aliphatic carbocycles. The number of esters is 1. The first-order valence-corrected chi connectivity index (χ1v) is 12.9. The monoisotopic (exact) mass is 553 g/mol. The van der Waals surface area contributed by atoms with Crippen LogP contribution in [0.15, 0.2) is 52.2 Å². The number of hydrogen-bond acceptors (Lipinski definition) is 9. The van der Waals surface area contributed by atoms with Crippen LogP contribution in [0.2, 0.25) is 0 Å². The van der Waals surface area contributed by atoms with Crippen LogP contribution in [-0.4, -0.2) is 59.1 Å². The molecule has 0 amide bonds. The average Bonchev–Trinajstić information content (AvgIpc) is 2.83. The fourth-order valence-corrected chi connectivity index (χ4v) is 4.08. The molecule has 3 N–H and O–H groups in total. The zero-order chi connectivity index (χ0) is 28.7. The molecule has 1 heterocycles. The van der Waals surface area contributed by atoms with E-state index in [1.807, 2.05) is 0 Å². The topological polar surface area (TPSA) is 175 Å². The molecule has 1 aromatic carbocycles. The summed E-state index contributed by atoms with van der Waals surface area (Å²) < 4.78 is 36.0. The van der Waals surface area contributed by atoms with Crippen LogP contribution in [0.4, 0.5) is 0 Å². The SMILES string of the molecule is C#CC(CC(COP(=O)(NCC(=O)OC(C)C)Oc1ccccc1)OC)n1ccc(=O)[nH]c1=O.CC(=O)O. The van der Waals surface area contributed by atoms with Gasteiger partial charge in [-0.25, -0.2) is 14.4 Å². The van der Waals surface area contributed by atoms with Crippen molar-refractivity contribution in [3.63, 3.8) is 0 Å². The number of hydrogen-bond donors (Lipinski definition) is 3. The molecule has 13 nitrogen and oxygen atoms in total. The number of ether oxygens (including phenoxy) is 2. The molecular weight excluding hydrogens is 521 g/mol. The Morgan fingerprint density at radius 2 is 1.84 bits per heavy atom. The number of methoxy groups -OCH3 is 1. The molecular formula is C24H32N3O10P. The van der Waals surface area contributed by atoms with Crippen molar-refractivity contribution in [2.45, 2.75) is 45.4 Å². The third kappa shape index (κ3) is 12.5. The zero-order valence-electron chi connectivity index (χ0n) is 21.5. The Labute approximate surface area is 219 Å². The van der Waals surface area contributed by atoms with E-state index in [2.05, 4.69) is 16.0 Å². The van der Waals surface area contributed by atoms with Gasteiger partial charge in [0.15, 0.2) is 0 Å². The molecule has 0 radical (unpaired) electrons. The van der Waals surface area contributed by atoms with Gasteiger partial charge in [-0.15, -0.1) is 6.42 Å². The summed E-state index contributed by atoms with van der Waals surface area (Å²) in [6.45, 7) is 3.79. The first-order chi connectivity index (χ1) is 17.9. The maximum Gasteiger partial charge on any atom is 0.459 e. The van der Waals surface area contributed by atoms with Crippen molar-refractivity contribution in [2.24, 2.45) is 0 Å². The number of terminal acetylenes is 1. The second-order valence-electron chi connectivity index (χ2n) is 7.88. The molecule has 208 valence electrons. The molecule has 0 aliphatic heterocycles. The highest BCUT2D eigenvalue weighted by molar-refractivity contribution is 7.52. The minimum Gasteiger partial charge on any atom is -0.481 e. The smallest absolute Gasteiger partial charge is 0.459 e. The Balaban J connectivity index is 0.00000168. The van der Waals surface area contributed by atoms with Crippen molar-refractivity contribution < 1.29 is 37.8 Å². The van der Waals surface area contributed by atoms with Gasteiger partial charge in [-0.1, -0.05) is 24.1 Å². The Bertz CT molecular complexity index is 1230. The summed E-state index contributed by atoms with van der Waals surface area (Å²) in [5.41, 5.74) is -1.22. The van der Waals surface area contributed by atoms with Crippen LogP contribution in [0.1, 0.15) is 33.2 Å². The van der Waals surface area contributed by atoms with Gasteiger partial charge in [0, 0.05) is 32.7 Å². The number of carboxylic acids is 1.